The van der Waals surface area contributed by atoms with Gasteiger partial charge in [0.2, 0.25) is 15.9 Å². The zero-order valence-corrected chi connectivity index (χ0v) is 15.2. The van der Waals surface area contributed by atoms with Crippen LogP contribution in [-0.4, -0.2) is 20.9 Å². The molecule has 0 radical (unpaired) electrons. The maximum absolute atomic E-state index is 12.9. The van der Waals surface area contributed by atoms with Crippen LogP contribution in [0.25, 0.3) is 6.08 Å². The van der Waals surface area contributed by atoms with Crippen LogP contribution in [0.15, 0.2) is 60.0 Å². The SMILES string of the molecule is CC(NC(=O)CCNS(=O)(=O)/C=C/c1ccccc1)c1ccc(F)cc1. The molecule has 0 bridgehead atoms. The first-order valence-corrected chi connectivity index (χ1v) is 9.68. The molecule has 7 heteroatoms. The minimum Gasteiger partial charge on any atom is -0.350 e. The summed E-state index contributed by atoms with van der Waals surface area (Å²) in [5.74, 6) is -0.637. The second-order valence-corrected chi connectivity index (χ2v) is 7.39. The average molecular weight is 376 g/mol. The Morgan fingerprint density at radius 2 is 1.77 bits per heavy atom. The van der Waals surface area contributed by atoms with Gasteiger partial charge < -0.3 is 5.32 Å². The molecule has 2 rings (SSSR count). The van der Waals surface area contributed by atoms with Crippen LogP contribution in [0.4, 0.5) is 4.39 Å². The molecule has 0 aliphatic carbocycles. The van der Waals surface area contributed by atoms with Gasteiger partial charge in [0.25, 0.3) is 0 Å². The van der Waals surface area contributed by atoms with Gasteiger partial charge >= 0.3 is 0 Å². The van der Waals surface area contributed by atoms with Crippen LogP contribution in [-0.2, 0) is 14.8 Å². The molecule has 26 heavy (non-hydrogen) atoms. The minimum absolute atomic E-state index is 0.00391. The van der Waals surface area contributed by atoms with Gasteiger partial charge in [-0.25, -0.2) is 17.5 Å². The van der Waals surface area contributed by atoms with Crippen molar-refractivity contribution in [1.82, 2.24) is 10.0 Å². The fraction of sp³-hybridized carbons (Fsp3) is 0.211. The third kappa shape index (κ3) is 6.78. The summed E-state index contributed by atoms with van der Waals surface area (Å²) in [5, 5.41) is 3.82. The van der Waals surface area contributed by atoms with E-state index in [1.54, 1.807) is 31.2 Å². The van der Waals surface area contributed by atoms with Crippen molar-refractivity contribution in [1.29, 1.82) is 0 Å². The van der Waals surface area contributed by atoms with E-state index in [1.807, 2.05) is 18.2 Å². The summed E-state index contributed by atoms with van der Waals surface area (Å²) in [5.41, 5.74) is 1.54. The number of rotatable bonds is 8. The van der Waals surface area contributed by atoms with Crippen LogP contribution in [0.5, 0.6) is 0 Å². The summed E-state index contributed by atoms with van der Waals surface area (Å²) >= 11 is 0. The zero-order chi connectivity index (χ0) is 19.0. The lowest BCUT2D eigenvalue weighted by Gasteiger charge is -2.14. The fourth-order valence-electron chi connectivity index (χ4n) is 2.24. The Morgan fingerprint density at radius 1 is 1.12 bits per heavy atom. The molecule has 0 heterocycles. The smallest absolute Gasteiger partial charge is 0.233 e. The van der Waals surface area contributed by atoms with E-state index < -0.39 is 10.0 Å². The van der Waals surface area contributed by atoms with Gasteiger partial charge in [0, 0.05) is 18.4 Å². The third-order valence-electron chi connectivity index (χ3n) is 3.64. The van der Waals surface area contributed by atoms with Crippen LogP contribution in [0, 0.1) is 5.82 Å². The van der Waals surface area contributed by atoms with Crippen molar-refractivity contribution in [2.75, 3.05) is 6.54 Å². The molecule has 5 nitrogen and oxygen atoms in total. The van der Waals surface area contributed by atoms with E-state index in [9.17, 15) is 17.6 Å². The summed E-state index contributed by atoms with van der Waals surface area (Å²) in [4.78, 5) is 11.9. The molecule has 138 valence electrons. The Hall–Kier alpha value is -2.51. The van der Waals surface area contributed by atoms with Crippen LogP contribution in [0.1, 0.15) is 30.5 Å². The summed E-state index contributed by atoms with van der Waals surface area (Å²) in [7, 11) is -3.61. The molecule has 0 aromatic heterocycles. The molecular weight excluding hydrogens is 355 g/mol. The van der Waals surface area contributed by atoms with Gasteiger partial charge in [0.15, 0.2) is 0 Å². The number of hydrogen-bond acceptors (Lipinski definition) is 3. The molecule has 2 N–H and O–H groups in total. The molecule has 0 fully saturated rings. The highest BCUT2D eigenvalue weighted by atomic mass is 32.2. The summed E-state index contributed by atoms with van der Waals surface area (Å²) in [6.45, 7) is 1.77. The lowest BCUT2D eigenvalue weighted by atomic mass is 10.1. The summed E-state index contributed by atoms with van der Waals surface area (Å²) < 4.78 is 39.1. The number of amides is 1. The van der Waals surface area contributed by atoms with E-state index >= 15 is 0 Å². The first-order valence-electron chi connectivity index (χ1n) is 8.13. The Kier molecular flexibility index (Phi) is 7.06. The highest BCUT2D eigenvalue weighted by molar-refractivity contribution is 7.92. The molecule has 1 unspecified atom stereocenters. The quantitative estimate of drug-likeness (QED) is 0.744. The second kappa shape index (κ2) is 9.26. The number of benzene rings is 2. The first-order chi connectivity index (χ1) is 12.4. The number of sulfonamides is 1. The van der Waals surface area contributed by atoms with Gasteiger partial charge in [-0.2, -0.15) is 0 Å². The van der Waals surface area contributed by atoms with Crippen molar-refractivity contribution in [2.24, 2.45) is 0 Å². The van der Waals surface area contributed by atoms with Crippen LogP contribution in [0.2, 0.25) is 0 Å². The Labute approximate surface area is 153 Å². The van der Waals surface area contributed by atoms with Crippen molar-refractivity contribution >= 4 is 22.0 Å². The van der Waals surface area contributed by atoms with E-state index in [4.69, 9.17) is 0 Å². The highest BCUT2D eigenvalue weighted by Gasteiger charge is 2.11. The summed E-state index contributed by atoms with van der Waals surface area (Å²) in [6, 6.07) is 14.6. The number of nitrogens with one attached hydrogen (secondary N) is 2. The first kappa shape index (κ1) is 19.8. The van der Waals surface area contributed by atoms with Crippen LogP contribution < -0.4 is 10.0 Å². The number of carbonyl (C=O) groups is 1. The van der Waals surface area contributed by atoms with Gasteiger partial charge in [-0.15, -0.1) is 0 Å². The molecule has 2 aromatic rings. The van der Waals surface area contributed by atoms with Crippen molar-refractivity contribution in [3.63, 3.8) is 0 Å². The zero-order valence-electron chi connectivity index (χ0n) is 14.4. The summed E-state index contributed by atoms with van der Waals surface area (Å²) in [6.07, 6.45) is 1.49. The molecule has 2 aromatic carbocycles. The Bertz CT molecular complexity index is 850. The molecular formula is C19H21FN2O3S. The van der Waals surface area contributed by atoms with Gasteiger partial charge in [0.1, 0.15) is 5.82 Å². The van der Waals surface area contributed by atoms with Crippen LogP contribution in [0.3, 0.4) is 0 Å². The molecule has 0 saturated heterocycles. The predicted molar refractivity (Wildman–Crippen MR) is 100.0 cm³/mol. The molecule has 1 amide bonds. The fourth-order valence-corrected chi connectivity index (χ4v) is 3.05. The maximum Gasteiger partial charge on any atom is 0.233 e. The van der Waals surface area contributed by atoms with Gasteiger partial charge in [-0.3, -0.25) is 4.79 Å². The maximum atomic E-state index is 12.9. The van der Waals surface area contributed by atoms with Crippen molar-refractivity contribution in [3.05, 3.63) is 76.9 Å². The van der Waals surface area contributed by atoms with E-state index in [-0.39, 0.29) is 30.7 Å². The largest absolute Gasteiger partial charge is 0.350 e. The van der Waals surface area contributed by atoms with E-state index in [1.165, 1.54) is 18.2 Å². The van der Waals surface area contributed by atoms with E-state index in [0.717, 1.165) is 16.5 Å². The number of hydrogen-bond donors (Lipinski definition) is 2. The average Bonchev–Trinajstić information content (AvgIpc) is 2.61. The molecule has 0 saturated carbocycles. The predicted octanol–water partition coefficient (Wildman–Crippen LogP) is 2.98. The molecule has 0 aliphatic heterocycles. The van der Waals surface area contributed by atoms with Crippen molar-refractivity contribution in [3.8, 4) is 0 Å². The van der Waals surface area contributed by atoms with Crippen molar-refractivity contribution in [2.45, 2.75) is 19.4 Å². The molecule has 0 aliphatic rings. The normalized spacial score (nSPS) is 12.8. The second-order valence-electron chi connectivity index (χ2n) is 5.74. The lowest BCUT2D eigenvalue weighted by Crippen LogP contribution is -2.31. The van der Waals surface area contributed by atoms with Gasteiger partial charge in [-0.05, 0) is 36.3 Å². The van der Waals surface area contributed by atoms with Crippen molar-refractivity contribution < 1.29 is 17.6 Å². The molecule has 0 spiro atoms. The van der Waals surface area contributed by atoms with Gasteiger partial charge in [0.05, 0.1) is 6.04 Å². The lowest BCUT2D eigenvalue weighted by molar-refractivity contribution is -0.121. The number of carbonyl (C=O) groups excluding carboxylic acids is 1. The monoisotopic (exact) mass is 376 g/mol. The highest BCUT2D eigenvalue weighted by Crippen LogP contribution is 2.12. The van der Waals surface area contributed by atoms with Crippen LogP contribution >= 0.6 is 0 Å². The number of halogens is 1. The van der Waals surface area contributed by atoms with E-state index in [2.05, 4.69) is 10.0 Å². The standard InChI is InChI=1S/C19H21FN2O3S/c1-15(17-7-9-18(20)10-8-17)22-19(23)11-13-21-26(24,25)14-12-16-5-3-2-4-6-16/h2-10,12,14-15,21H,11,13H2,1H3,(H,22,23)/b14-12+. The van der Waals surface area contributed by atoms with E-state index in [0.29, 0.717) is 0 Å². The Balaban J connectivity index is 1.78. The topological polar surface area (TPSA) is 75.3 Å². The third-order valence-corrected chi connectivity index (χ3v) is 4.74. The van der Waals surface area contributed by atoms with Gasteiger partial charge in [-0.1, -0.05) is 42.5 Å². The minimum atomic E-state index is -3.61. The molecule has 1 atom stereocenters. The Morgan fingerprint density at radius 3 is 2.42 bits per heavy atom.